The molecule has 0 spiro atoms. The number of fused-ring (bicyclic) bond motifs is 6. The van der Waals surface area contributed by atoms with Crippen molar-refractivity contribution in [2.75, 3.05) is 6.54 Å². The number of hydrogen-bond acceptors (Lipinski definition) is 4. The molecular weight excluding hydrogens is 330 g/mol. The summed E-state index contributed by atoms with van der Waals surface area (Å²) in [5, 5.41) is 0.181. The molecule has 2 aliphatic carbocycles. The van der Waals surface area contributed by atoms with E-state index in [9.17, 15) is 18.0 Å². The molecule has 0 amide bonds. The molecule has 3 aliphatic rings. The molecule has 2 heterocycles. The first-order valence-corrected chi connectivity index (χ1v) is 9.67. The summed E-state index contributed by atoms with van der Waals surface area (Å²) in [5.74, 6) is 1.69. The van der Waals surface area contributed by atoms with Crippen LogP contribution in [0, 0.1) is 17.8 Å². The van der Waals surface area contributed by atoms with Crippen LogP contribution in [-0.2, 0) is 10.0 Å². The Morgan fingerprint density at radius 2 is 1.88 bits per heavy atom. The Labute approximate surface area is 137 Å². The van der Waals surface area contributed by atoms with Gasteiger partial charge in [0.25, 0.3) is 5.56 Å². The van der Waals surface area contributed by atoms with E-state index in [0.717, 1.165) is 12.8 Å². The van der Waals surface area contributed by atoms with Crippen LogP contribution in [0.25, 0.3) is 10.9 Å². The Morgan fingerprint density at radius 1 is 1.08 bits per heavy atom. The van der Waals surface area contributed by atoms with Crippen LogP contribution in [0.4, 0.5) is 0 Å². The Balaban J connectivity index is 1.57. The van der Waals surface area contributed by atoms with Crippen LogP contribution in [-0.4, -0.2) is 35.3 Å². The fourth-order valence-electron chi connectivity index (χ4n) is 4.98. The first kappa shape index (κ1) is 14.4. The third-order valence-corrected chi connectivity index (χ3v) is 7.94. The number of sulfonamides is 1. The average Bonchev–Trinajstić information content (AvgIpc) is 3.02. The highest BCUT2D eigenvalue weighted by atomic mass is 32.2. The SMILES string of the molecule is O=c1[nH]c(=O)c2cc(S(=O)(=O)N3C[C@H]4[C@H]5CC[C@@H](C5)[C@@H]43)ccc2[nH]1. The van der Waals surface area contributed by atoms with Gasteiger partial charge in [0.2, 0.25) is 10.0 Å². The van der Waals surface area contributed by atoms with E-state index in [0.29, 0.717) is 29.8 Å². The molecule has 3 fully saturated rings. The quantitative estimate of drug-likeness (QED) is 0.832. The summed E-state index contributed by atoms with van der Waals surface area (Å²) in [6.07, 6.45) is 3.51. The largest absolute Gasteiger partial charge is 0.326 e. The van der Waals surface area contributed by atoms with Gasteiger partial charge < -0.3 is 4.98 Å². The molecule has 5 rings (SSSR count). The molecule has 2 saturated carbocycles. The molecule has 8 heteroatoms. The number of rotatable bonds is 2. The second kappa shape index (κ2) is 4.58. The Hall–Kier alpha value is -1.93. The van der Waals surface area contributed by atoms with Crippen molar-refractivity contribution in [2.24, 2.45) is 17.8 Å². The van der Waals surface area contributed by atoms with Crippen molar-refractivity contribution in [1.29, 1.82) is 0 Å². The lowest BCUT2D eigenvalue weighted by Crippen LogP contribution is -2.60. The van der Waals surface area contributed by atoms with Crippen molar-refractivity contribution >= 4 is 20.9 Å². The first-order chi connectivity index (χ1) is 11.4. The number of aromatic amines is 2. The van der Waals surface area contributed by atoms with Crippen LogP contribution in [0.15, 0.2) is 32.7 Å². The zero-order chi connectivity index (χ0) is 16.6. The first-order valence-electron chi connectivity index (χ1n) is 8.23. The molecule has 2 bridgehead atoms. The van der Waals surface area contributed by atoms with Crippen molar-refractivity contribution in [3.8, 4) is 0 Å². The lowest BCUT2D eigenvalue weighted by atomic mass is 9.79. The van der Waals surface area contributed by atoms with Gasteiger partial charge >= 0.3 is 5.69 Å². The molecule has 4 atom stereocenters. The maximum atomic E-state index is 13.0. The van der Waals surface area contributed by atoms with E-state index in [1.165, 1.54) is 24.6 Å². The van der Waals surface area contributed by atoms with Gasteiger partial charge in [-0.2, -0.15) is 4.31 Å². The Kier molecular flexibility index (Phi) is 2.75. The molecule has 2 N–H and O–H groups in total. The second-order valence-electron chi connectivity index (χ2n) is 7.18. The van der Waals surface area contributed by atoms with Crippen molar-refractivity contribution in [1.82, 2.24) is 14.3 Å². The standard InChI is InChI=1S/C16H17N3O4S/c20-15-11-6-10(3-4-13(11)17-16(21)18-15)24(22,23)19-7-12-8-1-2-9(5-8)14(12)19/h3-4,6,8-9,12,14H,1-2,5,7H2,(H2,17,18,20,21)/t8-,9-,12-,14-/m0/s1. The zero-order valence-electron chi connectivity index (χ0n) is 12.9. The van der Waals surface area contributed by atoms with Crippen LogP contribution < -0.4 is 11.2 Å². The summed E-state index contributed by atoms with van der Waals surface area (Å²) in [6, 6.07) is 4.45. The van der Waals surface area contributed by atoms with Gasteiger partial charge in [0.1, 0.15) is 0 Å². The van der Waals surface area contributed by atoms with Gasteiger partial charge in [-0.1, -0.05) is 0 Å². The minimum Gasteiger partial charge on any atom is -0.307 e. The summed E-state index contributed by atoms with van der Waals surface area (Å²) in [6.45, 7) is 0.591. The van der Waals surface area contributed by atoms with E-state index >= 15 is 0 Å². The number of H-pyrrole nitrogens is 2. The topological polar surface area (TPSA) is 103 Å². The Morgan fingerprint density at radius 3 is 2.67 bits per heavy atom. The highest BCUT2D eigenvalue weighted by Crippen LogP contribution is 2.56. The number of benzene rings is 1. The lowest BCUT2D eigenvalue weighted by Gasteiger charge is -2.49. The minimum absolute atomic E-state index is 0.119. The Bertz CT molecular complexity index is 1070. The molecule has 2 aromatic rings. The molecule has 1 aromatic heterocycles. The maximum Gasteiger partial charge on any atom is 0.326 e. The molecule has 0 radical (unpaired) electrons. The third kappa shape index (κ3) is 1.78. The van der Waals surface area contributed by atoms with Gasteiger partial charge in [-0.05, 0) is 55.2 Å². The second-order valence-corrected chi connectivity index (χ2v) is 9.07. The van der Waals surface area contributed by atoms with Crippen LogP contribution >= 0.6 is 0 Å². The normalized spacial score (nSPS) is 32.0. The number of aromatic nitrogens is 2. The van der Waals surface area contributed by atoms with E-state index < -0.39 is 21.3 Å². The highest BCUT2D eigenvalue weighted by molar-refractivity contribution is 7.89. The summed E-state index contributed by atoms with van der Waals surface area (Å²) in [7, 11) is -3.61. The maximum absolute atomic E-state index is 13.0. The van der Waals surface area contributed by atoms with Gasteiger partial charge in [-0.3, -0.25) is 9.78 Å². The predicted molar refractivity (Wildman–Crippen MR) is 87.2 cm³/mol. The minimum atomic E-state index is -3.61. The van der Waals surface area contributed by atoms with Crippen LogP contribution in [0.3, 0.4) is 0 Å². The number of nitrogens with one attached hydrogen (secondary N) is 2. The van der Waals surface area contributed by atoms with Gasteiger partial charge in [-0.25, -0.2) is 13.2 Å². The molecule has 1 aromatic carbocycles. The van der Waals surface area contributed by atoms with E-state index in [1.54, 1.807) is 4.31 Å². The summed E-state index contributed by atoms with van der Waals surface area (Å²) < 4.78 is 27.6. The van der Waals surface area contributed by atoms with Gasteiger partial charge in [0.05, 0.1) is 15.8 Å². The highest BCUT2D eigenvalue weighted by Gasteiger charge is 2.59. The van der Waals surface area contributed by atoms with E-state index in [4.69, 9.17) is 0 Å². The van der Waals surface area contributed by atoms with Crippen LogP contribution in [0.5, 0.6) is 0 Å². The van der Waals surface area contributed by atoms with Crippen LogP contribution in [0.1, 0.15) is 19.3 Å². The number of nitrogens with zero attached hydrogens (tertiary/aromatic N) is 1. The van der Waals surface area contributed by atoms with Gasteiger partial charge in [0.15, 0.2) is 0 Å². The van der Waals surface area contributed by atoms with Crippen LogP contribution in [0.2, 0.25) is 0 Å². The summed E-state index contributed by atoms with van der Waals surface area (Å²) in [4.78, 5) is 28.0. The van der Waals surface area contributed by atoms with Gasteiger partial charge in [-0.15, -0.1) is 0 Å². The molecule has 126 valence electrons. The lowest BCUT2D eigenvalue weighted by molar-refractivity contribution is 0.0507. The van der Waals surface area contributed by atoms with Crippen molar-refractivity contribution in [2.45, 2.75) is 30.2 Å². The van der Waals surface area contributed by atoms with E-state index in [1.807, 2.05) is 0 Å². The zero-order valence-corrected chi connectivity index (χ0v) is 13.7. The van der Waals surface area contributed by atoms with Gasteiger partial charge in [0, 0.05) is 12.6 Å². The summed E-state index contributed by atoms with van der Waals surface area (Å²) in [5.41, 5.74) is -0.841. The molecule has 24 heavy (non-hydrogen) atoms. The summed E-state index contributed by atoms with van der Waals surface area (Å²) >= 11 is 0. The molecule has 0 unspecified atom stereocenters. The average molecular weight is 347 g/mol. The fraction of sp³-hybridized carbons (Fsp3) is 0.500. The molecule has 7 nitrogen and oxygen atoms in total. The fourth-order valence-corrected chi connectivity index (χ4v) is 6.77. The monoisotopic (exact) mass is 347 g/mol. The molecule has 1 saturated heterocycles. The third-order valence-electron chi connectivity index (χ3n) is 6.08. The van der Waals surface area contributed by atoms with E-state index in [2.05, 4.69) is 9.97 Å². The van der Waals surface area contributed by atoms with Crippen molar-refractivity contribution in [3.63, 3.8) is 0 Å². The predicted octanol–water partition coefficient (Wildman–Crippen LogP) is 0.635. The molecular formula is C16H17N3O4S. The van der Waals surface area contributed by atoms with Crippen molar-refractivity contribution < 1.29 is 8.42 Å². The van der Waals surface area contributed by atoms with E-state index in [-0.39, 0.29) is 16.3 Å². The molecule has 1 aliphatic heterocycles. The number of hydrogen-bond donors (Lipinski definition) is 2. The van der Waals surface area contributed by atoms with Crippen molar-refractivity contribution in [3.05, 3.63) is 39.0 Å². The smallest absolute Gasteiger partial charge is 0.307 e.